The first-order valence-corrected chi connectivity index (χ1v) is 21.5. The van der Waals surface area contributed by atoms with Crippen molar-refractivity contribution in [3.05, 3.63) is 156 Å². The third-order valence-electron chi connectivity index (χ3n) is 12.5. The van der Waals surface area contributed by atoms with Gasteiger partial charge in [0.1, 0.15) is 17.3 Å². The number of hydrogen-bond donors (Lipinski definition) is 0. The lowest BCUT2D eigenvalue weighted by atomic mass is 9.85. The van der Waals surface area contributed by atoms with Crippen LogP contribution in [0.25, 0.3) is 55.1 Å². The molecule has 0 unspecified atom stereocenters. The standard InChI is InChI=1S/C55H55N5O/c1-53(2,3)35-29-37(58-34-57(10)47-23-13-14-24-48(47)58)31-39(30-35)61-38-25-26-41-40-17-11-12-22-46(40)60(49(41)33-38)50-32-36(27-28-56-50)59-51-42(18-15-20-44(51)54(4,5)6)43-19-16-21-45(52(43)59)55(7,8)9/h11-33H,34H2,1-10H3. The van der Waals surface area contributed by atoms with Crippen LogP contribution in [0.1, 0.15) is 79.0 Å². The van der Waals surface area contributed by atoms with Crippen molar-refractivity contribution in [2.75, 3.05) is 23.5 Å². The van der Waals surface area contributed by atoms with Gasteiger partial charge in [-0.05, 0) is 81.5 Å². The maximum atomic E-state index is 6.92. The molecule has 0 radical (unpaired) electrons. The fraction of sp³-hybridized carbons (Fsp3) is 0.255. The van der Waals surface area contributed by atoms with E-state index in [0.29, 0.717) is 0 Å². The van der Waals surface area contributed by atoms with E-state index in [2.05, 4.69) is 222 Å². The van der Waals surface area contributed by atoms with E-state index in [1.165, 1.54) is 55.3 Å². The first-order valence-electron chi connectivity index (χ1n) is 21.5. The number of aromatic nitrogens is 3. The van der Waals surface area contributed by atoms with Crippen LogP contribution < -0.4 is 14.5 Å². The smallest absolute Gasteiger partial charge is 0.139 e. The normalized spacial score (nSPS) is 13.6. The van der Waals surface area contributed by atoms with E-state index in [0.717, 1.165) is 51.8 Å². The molecule has 6 heteroatoms. The van der Waals surface area contributed by atoms with Crippen LogP contribution >= 0.6 is 0 Å². The second kappa shape index (κ2) is 13.8. The SMILES string of the molecule is CN1CN(c2cc(Oc3ccc4c5ccccc5n(-c5cc(-n6c7c(C(C)(C)C)cccc7c7cccc(C(C)(C)C)c76)ccn5)c4c3)cc(C(C)(C)C)c2)c2ccccc21. The lowest BCUT2D eigenvalue weighted by Gasteiger charge is -2.25. The number of hydrogen-bond acceptors (Lipinski definition) is 4. The fourth-order valence-corrected chi connectivity index (χ4v) is 9.48. The molecular formula is C55H55N5O. The first-order chi connectivity index (χ1) is 29.1. The molecule has 6 aromatic carbocycles. The minimum Gasteiger partial charge on any atom is -0.457 e. The maximum absolute atomic E-state index is 6.92. The lowest BCUT2D eigenvalue weighted by Crippen LogP contribution is -2.24. The summed E-state index contributed by atoms with van der Waals surface area (Å²) in [6, 6.07) is 48.5. The van der Waals surface area contributed by atoms with Crippen molar-refractivity contribution in [3.63, 3.8) is 0 Å². The van der Waals surface area contributed by atoms with E-state index in [4.69, 9.17) is 9.72 Å². The average Bonchev–Trinajstić information content (AvgIpc) is 3.86. The summed E-state index contributed by atoms with van der Waals surface area (Å²) in [6.07, 6.45) is 1.97. The van der Waals surface area contributed by atoms with Crippen molar-refractivity contribution in [1.29, 1.82) is 0 Å². The van der Waals surface area contributed by atoms with Crippen molar-refractivity contribution >= 4 is 60.7 Å². The molecule has 0 atom stereocenters. The molecule has 1 aliphatic rings. The van der Waals surface area contributed by atoms with Crippen molar-refractivity contribution in [3.8, 4) is 23.0 Å². The Kier molecular flexibility index (Phi) is 8.71. The molecule has 0 spiro atoms. The topological polar surface area (TPSA) is 38.5 Å². The minimum atomic E-state index is -0.0794. The zero-order chi connectivity index (χ0) is 42.6. The predicted molar refractivity (Wildman–Crippen MR) is 257 cm³/mol. The van der Waals surface area contributed by atoms with E-state index in [1.807, 2.05) is 6.20 Å². The second-order valence-electron chi connectivity index (χ2n) is 20.0. The number of fused-ring (bicyclic) bond motifs is 7. The van der Waals surface area contributed by atoms with Crippen molar-refractivity contribution in [2.45, 2.75) is 78.6 Å². The summed E-state index contributed by atoms with van der Waals surface area (Å²) in [6.45, 7) is 21.4. The van der Waals surface area contributed by atoms with Crippen LogP contribution in [0.2, 0.25) is 0 Å². The number of para-hydroxylation sites is 5. The van der Waals surface area contributed by atoms with Gasteiger partial charge in [0.15, 0.2) is 0 Å². The van der Waals surface area contributed by atoms with Crippen molar-refractivity contribution in [1.82, 2.24) is 14.1 Å². The molecule has 4 heterocycles. The van der Waals surface area contributed by atoms with Crippen LogP contribution in [0.4, 0.5) is 17.1 Å². The van der Waals surface area contributed by atoms with Gasteiger partial charge in [-0.15, -0.1) is 0 Å². The molecule has 1 aliphatic heterocycles. The molecule has 9 aromatic rings. The number of ether oxygens (including phenoxy) is 1. The van der Waals surface area contributed by atoms with E-state index < -0.39 is 0 Å². The Morgan fingerprint density at radius 3 is 1.79 bits per heavy atom. The molecule has 10 rings (SSSR count). The predicted octanol–water partition coefficient (Wildman–Crippen LogP) is 14.5. The van der Waals surface area contributed by atoms with Gasteiger partial charge in [0.2, 0.25) is 0 Å². The van der Waals surface area contributed by atoms with Crippen LogP contribution in [0.3, 0.4) is 0 Å². The van der Waals surface area contributed by atoms with Gasteiger partial charge in [-0.1, -0.05) is 129 Å². The van der Waals surface area contributed by atoms with Gasteiger partial charge in [-0.2, -0.15) is 0 Å². The number of rotatable bonds is 5. The fourth-order valence-electron chi connectivity index (χ4n) is 9.48. The molecule has 3 aromatic heterocycles. The van der Waals surface area contributed by atoms with Crippen LogP contribution in [-0.4, -0.2) is 27.8 Å². The molecule has 0 saturated heterocycles. The summed E-state index contributed by atoms with van der Waals surface area (Å²) in [5.74, 6) is 2.44. The monoisotopic (exact) mass is 801 g/mol. The largest absolute Gasteiger partial charge is 0.457 e. The van der Waals surface area contributed by atoms with Crippen LogP contribution in [0.5, 0.6) is 11.5 Å². The number of benzene rings is 6. The summed E-state index contributed by atoms with van der Waals surface area (Å²) in [5.41, 5.74) is 12.9. The Balaban J connectivity index is 1.15. The zero-order valence-corrected chi connectivity index (χ0v) is 37.1. The molecule has 0 saturated carbocycles. The van der Waals surface area contributed by atoms with E-state index >= 15 is 0 Å². The quantitative estimate of drug-likeness (QED) is 0.174. The highest BCUT2D eigenvalue weighted by Crippen LogP contribution is 2.45. The van der Waals surface area contributed by atoms with Crippen molar-refractivity contribution in [2.24, 2.45) is 0 Å². The second-order valence-corrected chi connectivity index (χ2v) is 20.0. The Hall–Kier alpha value is -6.53. The highest BCUT2D eigenvalue weighted by Gasteiger charge is 2.29. The van der Waals surface area contributed by atoms with E-state index in [1.54, 1.807) is 0 Å². The third kappa shape index (κ3) is 6.43. The number of pyridine rings is 1. The average molecular weight is 802 g/mol. The molecule has 0 aliphatic carbocycles. The van der Waals surface area contributed by atoms with Gasteiger partial charge in [0.05, 0.1) is 45.8 Å². The van der Waals surface area contributed by atoms with Gasteiger partial charge in [-0.3, -0.25) is 4.57 Å². The summed E-state index contributed by atoms with van der Waals surface area (Å²) < 4.78 is 11.7. The summed E-state index contributed by atoms with van der Waals surface area (Å²) in [4.78, 5) is 9.80. The lowest BCUT2D eigenvalue weighted by molar-refractivity contribution is 0.479. The van der Waals surface area contributed by atoms with Crippen LogP contribution in [-0.2, 0) is 16.2 Å². The molecule has 61 heavy (non-hydrogen) atoms. The summed E-state index contributed by atoms with van der Waals surface area (Å²) in [5, 5.41) is 4.86. The number of nitrogens with zero attached hydrogens (tertiary/aromatic N) is 5. The molecule has 0 fully saturated rings. The molecule has 0 bridgehead atoms. The van der Waals surface area contributed by atoms with Crippen LogP contribution in [0, 0.1) is 0 Å². The summed E-state index contributed by atoms with van der Waals surface area (Å²) >= 11 is 0. The Morgan fingerprint density at radius 2 is 1.11 bits per heavy atom. The minimum absolute atomic E-state index is 0.0743. The molecule has 0 N–H and O–H groups in total. The highest BCUT2D eigenvalue weighted by molar-refractivity contribution is 6.12. The first kappa shape index (κ1) is 38.7. The van der Waals surface area contributed by atoms with Crippen molar-refractivity contribution < 1.29 is 4.74 Å². The zero-order valence-electron chi connectivity index (χ0n) is 37.1. The van der Waals surface area contributed by atoms with Gasteiger partial charge < -0.3 is 19.1 Å². The molecule has 6 nitrogen and oxygen atoms in total. The van der Waals surface area contributed by atoms with Gasteiger partial charge in [-0.25, -0.2) is 4.98 Å². The van der Waals surface area contributed by atoms with E-state index in [-0.39, 0.29) is 16.2 Å². The highest BCUT2D eigenvalue weighted by atomic mass is 16.5. The number of anilines is 3. The Morgan fingerprint density at radius 1 is 0.492 bits per heavy atom. The maximum Gasteiger partial charge on any atom is 0.139 e. The Bertz CT molecular complexity index is 3110. The van der Waals surface area contributed by atoms with Gasteiger partial charge in [0, 0.05) is 58.7 Å². The van der Waals surface area contributed by atoms with Crippen LogP contribution in [0.15, 0.2) is 140 Å². The van der Waals surface area contributed by atoms with Gasteiger partial charge in [0.25, 0.3) is 0 Å². The molecule has 0 amide bonds. The third-order valence-corrected chi connectivity index (χ3v) is 12.5. The Labute approximate surface area is 359 Å². The van der Waals surface area contributed by atoms with Gasteiger partial charge >= 0.3 is 0 Å². The molecular weight excluding hydrogens is 747 g/mol. The molecule has 306 valence electrons. The van der Waals surface area contributed by atoms with E-state index in [9.17, 15) is 0 Å². The summed E-state index contributed by atoms with van der Waals surface area (Å²) in [7, 11) is 2.15.